The first-order valence-corrected chi connectivity index (χ1v) is 2.98. The Morgan fingerprint density at radius 3 is 1.64 bits per heavy atom. The summed E-state index contributed by atoms with van der Waals surface area (Å²) in [6.45, 7) is 0. The van der Waals surface area contributed by atoms with Gasteiger partial charge in [-0.1, -0.05) is 18.2 Å². The molecule has 0 saturated carbocycles. The van der Waals surface area contributed by atoms with Crippen molar-refractivity contribution >= 4 is 5.69 Å². The summed E-state index contributed by atoms with van der Waals surface area (Å²) in [6, 6.07) is 9.49. The van der Waals surface area contributed by atoms with Crippen LogP contribution in [0.5, 0.6) is 0 Å². The molecule has 0 aliphatic rings. The maximum Gasteiger partial charge on any atom is 0.0319 e. The van der Waals surface area contributed by atoms with Crippen molar-refractivity contribution in [1.29, 1.82) is 0 Å². The molecule has 60 valence electrons. The van der Waals surface area contributed by atoms with Gasteiger partial charge in [-0.25, -0.2) is 0 Å². The maximum absolute atomic E-state index is 7.00. The van der Waals surface area contributed by atoms with Crippen LogP contribution in [0.3, 0.4) is 0 Å². The fourth-order valence-electron chi connectivity index (χ4n) is 0.453. The lowest BCUT2D eigenvalue weighted by atomic mass is 10.3. The van der Waals surface area contributed by atoms with Gasteiger partial charge in [0.05, 0.1) is 0 Å². The molecule has 11 heavy (non-hydrogen) atoms. The molecule has 1 aromatic rings. The van der Waals surface area contributed by atoms with E-state index in [1.54, 1.807) is 0 Å². The van der Waals surface area contributed by atoms with Gasteiger partial charge in [0.2, 0.25) is 0 Å². The van der Waals surface area contributed by atoms with Crippen molar-refractivity contribution in [2.45, 2.75) is 0 Å². The Hall–Kier alpha value is -1.46. The number of para-hydroxylation sites is 1. The van der Waals surface area contributed by atoms with Crippen LogP contribution in [0.15, 0.2) is 30.3 Å². The van der Waals surface area contributed by atoms with E-state index in [9.17, 15) is 0 Å². The van der Waals surface area contributed by atoms with E-state index in [4.69, 9.17) is 10.8 Å². The van der Waals surface area contributed by atoms with Crippen LogP contribution in [-0.2, 0) is 0 Å². The summed E-state index contributed by atoms with van der Waals surface area (Å²) in [5.41, 5.74) is 6.18. The second-order valence-corrected chi connectivity index (χ2v) is 1.41. The molecule has 2 nitrogen and oxygen atoms in total. The molecule has 0 fully saturated rings. The van der Waals surface area contributed by atoms with Crippen LogP contribution in [0, 0.1) is 12.8 Å². The first-order chi connectivity index (χ1) is 5.39. The molecule has 2 heteroatoms. The minimum absolute atomic E-state index is 0.822. The zero-order chi connectivity index (χ0) is 9.11. The largest absolute Gasteiger partial charge is 0.400 e. The van der Waals surface area contributed by atoms with Crippen LogP contribution < -0.4 is 5.73 Å². The fraction of sp³-hybridized carbons (Fsp3) is 0.111. The van der Waals surface area contributed by atoms with Crippen LogP contribution in [0.2, 0.25) is 0 Å². The standard InChI is InChI=1S/C6H7N.C2H2.CH4O/c7-6-4-2-1-3-5-6;2*1-2/h1-5H,7H2;1-2H;2H,1H3. The third-order valence-corrected chi connectivity index (χ3v) is 0.800. The molecule has 0 aliphatic carbocycles. The lowest BCUT2D eigenvalue weighted by Crippen LogP contribution is -1.79. The molecule has 0 unspecified atom stereocenters. The molecule has 0 amide bonds. The van der Waals surface area contributed by atoms with E-state index in [1.165, 1.54) is 0 Å². The zero-order valence-electron chi connectivity index (χ0n) is 6.57. The smallest absolute Gasteiger partial charge is 0.0319 e. The van der Waals surface area contributed by atoms with Gasteiger partial charge in [0.25, 0.3) is 0 Å². The Balaban J connectivity index is 0. The van der Waals surface area contributed by atoms with Crippen LogP contribution in [0.25, 0.3) is 0 Å². The van der Waals surface area contributed by atoms with Crippen LogP contribution in [-0.4, -0.2) is 12.2 Å². The number of rotatable bonds is 0. The lowest BCUT2D eigenvalue weighted by Gasteiger charge is -1.83. The summed E-state index contributed by atoms with van der Waals surface area (Å²) in [5, 5.41) is 7.00. The van der Waals surface area contributed by atoms with Crippen molar-refractivity contribution in [1.82, 2.24) is 0 Å². The van der Waals surface area contributed by atoms with E-state index in [1.807, 2.05) is 30.3 Å². The summed E-state index contributed by atoms with van der Waals surface area (Å²) < 4.78 is 0. The van der Waals surface area contributed by atoms with Crippen LogP contribution >= 0.6 is 0 Å². The monoisotopic (exact) mass is 151 g/mol. The third-order valence-electron chi connectivity index (χ3n) is 0.800. The van der Waals surface area contributed by atoms with Crippen LogP contribution in [0.1, 0.15) is 0 Å². The quantitative estimate of drug-likeness (QED) is 0.431. The van der Waals surface area contributed by atoms with Gasteiger partial charge >= 0.3 is 0 Å². The Labute approximate surface area is 67.7 Å². The number of anilines is 1. The SMILES string of the molecule is C#C.CO.Nc1ccccc1. The third kappa shape index (κ3) is 8.54. The Bertz CT molecular complexity index is 169. The molecule has 0 heterocycles. The normalized spacial score (nSPS) is 6.18. The van der Waals surface area contributed by atoms with E-state index < -0.39 is 0 Å². The van der Waals surface area contributed by atoms with E-state index in [2.05, 4.69) is 12.8 Å². The van der Waals surface area contributed by atoms with Gasteiger partial charge in [0.1, 0.15) is 0 Å². The van der Waals surface area contributed by atoms with Crippen LogP contribution in [0.4, 0.5) is 5.69 Å². The van der Waals surface area contributed by atoms with Gasteiger partial charge in [-0.05, 0) is 12.1 Å². The molecule has 0 radical (unpaired) electrons. The molecule has 0 spiro atoms. The van der Waals surface area contributed by atoms with Crippen molar-refractivity contribution in [3.63, 3.8) is 0 Å². The second kappa shape index (κ2) is 11.4. The number of aliphatic hydroxyl groups is 1. The van der Waals surface area contributed by atoms with Crippen molar-refractivity contribution in [3.05, 3.63) is 30.3 Å². The summed E-state index contributed by atoms with van der Waals surface area (Å²) in [7, 11) is 1.00. The highest BCUT2D eigenvalue weighted by atomic mass is 16.2. The van der Waals surface area contributed by atoms with Gasteiger partial charge in [0, 0.05) is 12.8 Å². The second-order valence-electron chi connectivity index (χ2n) is 1.41. The summed E-state index contributed by atoms with van der Waals surface area (Å²) >= 11 is 0. The summed E-state index contributed by atoms with van der Waals surface area (Å²) in [6.07, 6.45) is 8.00. The molecule has 0 bridgehead atoms. The predicted octanol–water partition coefficient (Wildman–Crippen LogP) is 1.13. The number of hydrogen-bond donors (Lipinski definition) is 2. The van der Waals surface area contributed by atoms with Crippen molar-refractivity contribution in [2.75, 3.05) is 12.8 Å². The number of benzene rings is 1. The number of hydrogen-bond acceptors (Lipinski definition) is 2. The minimum atomic E-state index is 0.822. The Morgan fingerprint density at radius 2 is 1.45 bits per heavy atom. The fourth-order valence-corrected chi connectivity index (χ4v) is 0.453. The van der Waals surface area contributed by atoms with Crippen molar-refractivity contribution in [3.8, 4) is 12.8 Å². The molecule has 1 rings (SSSR count). The van der Waals surface area contributed by atoms with E-state index >= 15 is 0 Å². The number of nitrogens with two attached hydrogens (primary N) is 1. The van der Waals surface area contributed by atoms with Gasteiger partial charge in [-0.3, -0.25) is 0 Å². The summed E-state index contributed by atoms with van der Waals surface area (Å²) in [5.74, 6) is 0. The lowest BCUT2D eigenvalue weighted by molar-refractivity contribution is 0.399. The van der Waals surface area contributed by atoms with Gasteiger partial charge in [0.15, 0.2) is 0 Å². The molecule has 3 N–H and O–H groups in total. The molecular weight excluding hydrogens is 138 g/mol. The first-order valence-electron chi connectivity index (χ1n) is 2.98. The average molecular weight is 151 g/mol. The summed E-state index contributed by atoms with van der Waals surface area (Å²) in [4.78, 5) is 0. The highest BCUT2D eigenvalue weighted by Crippen LogP contribution is 1.95. The van der Waals surface area contributed by atoms with E-state index in [-0.39, 0.29) is 0 Å². The zero-order valence-corrected chi connectivity index (χ0v) is 6.57. The molecular formula is C9H13NO. The minimum Gasteiger partial charge on any atom is -0.400 e. The number of terminal acetylenes is 1. The predicted molar refractivity (Wildman–Crippen MR) is 48.9 cm³/mol. The average Bonchev–Trinajstić information content (AvgIpc) is 2.13. The topological polar surface area (TPSA) is 46.2 Å². The first kappa shape index (κ1) is 12.2. The maximum atomic E-state index is 7.00. The van der Waals surface area contributed by atoms with E-state index in [0.717, 1.165) is 12.8 Å². The van der Waals surface area contributed by atoms with Gasteiger partial charge in [-0.2, -0.15) is 0 Å². The van der Waals surface area contributed by atoms with Crippen molar-refractivity contribution < 1.29 is 5.11 Å². The number of nitrogen functional groups attached to an aromatic ring is 1. The van der Waals surface area contributed by atoms with E-state index in [0.29, 0.717) is 0 Å². The molecule has 0 atom stereocenters. The number of aliphatic hydroxyl groups excluding tert-OH is 1. The molecule has 0 saturated heterocycles. The molecule has 1 aromatic carbocycles. The highest BCUT2D eigenvalue weighted by Gasteiger charge is 1.72. The van der Waals surface area contributed by atoms with Gasteiger partial charge < -0.3 is 10.8 Å². The Morgan fingerprint density at radius 1 is 1.09 bits per heavy atom. The molecule has 0 aromatic heterocycles. The van der Waals surface area contributed by atoms with Gasteiger partial charge in [-0.15, -0.1) is 12.8 Å². The van der Waals surface area contributed by atoms with Crippen molar-refractivity contribution in [2.24, 2.45) is 0 Å². The highest BCUT2D eigenvalue weighted by molar-refractivity contribution is 5.35. The molecule has 0 aliphatic heterocycles. The Kier molecular flexibility index (Phi) is 12.6.